The SMILES string of the molecule is CCCCOc1c(F)cc(-c2cccc(N3CCC(N(C)C)C3)n2)cc1F. The van der Waals surface area contributed by atoms with Crippen molar-refractivity contribution in [2.75, 3.05) is 38.7 Å². The molecule has 3 rings (SSSR count). The van der Waals surface area contributed by atoms with E-state index in [1.165, 1.54) is 12.1 Å². The van der Waals surface area contributed by atoms with Crippen LogP contribution in [0.2, 0.25) is 0 Å². The number of pyridine rings is 1. The molecule has 0 aliphatic carbocycles. The molecule has 0 spiro atoms. The van der Waals surface area contributed by atoms with Gasteiger partial charge in [0.2, 0.25) is 0 Å². The monoisotopic (exact) mass is 375 g/mol. The Bertz CT molecular complexity index is 759. The van der Waals surface area contributed by atoms with Crippen molar-refractivity contribution < 1.29 is 13.5 Å². The first-order valence-electron chi connectivity index (χ1n) is 9.50. The summed E-state index contributed by atoms with van der Waals surface area (Å²) >= 11 is 0. The van der Waals surface area contributed by atoms with Crippen LogP contribution in [0.4, 0.5) is 14.6 Å². The predicted octanol–water partition coefficient (Wildman–Crippen LogP) is 4.35. The molecule has 2 aromatic rings. The minimum absolute atomic E-state index is 0.305. The van der Waals surface area contributed by atoms with Crippen LogP contribution in [-0.4, -0.2) is 49.7 Å². The number of hydrogen-bond acceptors (Lipinski definition) is 4. The molecule has 1 fully saturated rings. The second kappa shape index (κ2) is 8.65. The lowest BCUT2D eigenvalue weighted by Gasteiger charge is -2.21. The zero-order valence-corrected chi connectivity index (χ0v) is 16.2. The van der Waals surface area contributed by atoms with Crippen molar-refractivity contribution in [2.45, 2.75) is 32.2 Å². The molecule has 27 heavy (non-hydrogen) atoms. The van der Waals surface area contributed by atoms with Crippen LogP contribution in [0.15, 0.2) is 30.3 Å². The molecule has 1 aromatic carbocycles. The highest BCUT2D eigenvalue weighted by Gasteiger charge is 2.25. The van der Waals surface area contributed by atoms with Crippen molar-refractivity contribution in [2.24, 2.45) is 0 Å². The van der Waals surface area contributed by atoms with Crippen LogP contribution in [0.1, 0.15) is 26.2 Å². The highest BCUT2D eigenvalue weighted by molar-refractivity contribution is 5.63. The van der Waals surface area contributed by atoms with Crippen LogP contribution < -0.4 is 9.64 Å². The highest BCUT2D eigenvalue weighted by Crippen LogP contribution is 2.30. The average Bonchev–Trinajstić information content (AvgIpc) is 3.14. The summed E-state index contributed by atoms with van der Waals surface area (Å²) in [4.78, 5) is 9.06. The van der Waals surface area contributed by atoms with Gasteiger partial charge in [0.05, 0.1) is 12.3 Å². The second-order valence-corrected chi connectivity index (χ2v) is 7.20. The molecule has 1 unspecified atom stereocenters. The lowest BCUT2D eigenvalue weighted by atomic mass is 10.1. The minimum Gasteiger partial charge on any atom is -0.488 e. The number of ether oxygens (including phenoxy) is 1. The van der Waals surface area contributed by atoms with E-state index in [-0.39, 0.29) is 5.75 Å². The molecule has 2 heterocycles. The van der Waals surface area contributed by atoms with Gasteiger partial charge in [-0.2, -0.15) is 0 Å². The van der Waals surface area contributed by atoms with Crippen molar-refractivity contribution in [3.63, 3.8) is 0 Å². The van der Waals surface area contributed by atoms with E-state index in [0.29, 0.717) is 23.9 Å². The smallest absolute Gasteiger partial charge is 0.190 e. The molecule has 0 bridgehead atoms. The Hall–Kier alpha value is -2.21. The van der Waals surface area contributed by atoms with Crippen molar-refractivity contribution in [3.8, 4) is 17.0 Å². The molecule has 1 atom stereocenters. The third kappa shape index (κ3) is 4.56. The Balaban J connectivity index is 1.81. The Morgan fingerprint density at radius 1 is 1.22 bits per heavy atom. The Morgan fingerprint density at radius 3 is 2.59 bits per heavy atom. The summed E-state index contributed by atoms with van der Waals surface area (Å²) in [5.74, 6) is -0.859. The fraction of sp³-hybridized carbons (Fsp3) is 0.476. The number of aromatic nitrogens is 1. The third-order valence-corrected chi connectivity index (χ3v) is 4.99. The maximum absolute atomic E-state index is 14.4. The summed E-state index contributed by atoms with van der Waals surface area (Å²) in [5.41, 5.74) is 0.969. The molecule has 0 radical (unpaired) electrons. The standard InChI is InChI=1S/C21H27F2N3O/c1-4-5-11-27-21-17(22)12-15(13-18(21)23)19-7-6-8-20(24-19)26-10-9-16(14-26)25(2)3/h6-8,12-13,16H,4-5,9-11,14H2,1-3H3. The zero-order valence-electron chi connectivity index (χ0n) is 16.2. The summed E-state index contributed by atoms with van der Waals surface area (Å²) < 4.78 is 34.0. The Kier molecular flexibility index (Phi) is 6.26. The van der Waals surface area contributed by atoms with E-state index < -0.39 is 11.6 Å². The third-order valence-electron chi connectivity index (χ3n) is 4.99. The molecule has 146 valence electrons. The van der Waals surface area contributed by atoms with Crippen LogP contribution in [0.5, 0.6) is 5.75 Å². The van der Waals surface area contributed by atoms with E-state index in [1.54, 1.807) is 6.07 Å². The normalized spacial score (nSPS) is 17.0. The number of nitrogens with zero attached hydrogens (tertiary/aromatic N) is 3. The lowest BCUT2D eigenvalue weighted by Crippen LogP contribution is -2.31. The van der Waals surface area contributed by atoms with E-state index in [1.807, 2.05) is 19.1 Å². The number of anilines is 1. The van der Waals surface area contributed by atoms with Gasteiger partial charge in [0.1, 0.15) is 5.82 Å². The lowest BCUT2D eigenvalue weighted by molar-refractivity contribution is 0.279. The van der Waals surface area contributed by atoms with E-state index in [4.69, 9.17) is 4.74 Å². The maximum Gasteiger partial charge on any atom is 0.190 e. The maximum atomic E-state index is 14.4. The van der Waals surface area contributed by atoms with Gasteiger partial charge in [-0.3, -0.25) is 0 Å². The molecule has 0 saturated carbocycles. The highest BCUT2D eigenvalue weighted by atomic mass is 19.1. The number of unbranched alkanes of at least 4 members (excludes halogenated alkanes) is 1. The molecule has 0 amide bonds. The largest absolute Gasteiger partial charge is 0.488 e. The van der Waals surface area contributed by atoms with E-state index in [9.17, 15) is 8.78 Å². The summed E-state index contributed by atoms with van der Waals surface area (Å²) in [7, 11) is 4.15. The molecule has 1 aliphatic heterocycles. The number of hydrogen-bond donors (Lipinski definition) is 0. The first-order chi connectivity index (χ1) is 13.0. The number of rotatable bonds is 7. The van der Waals surface area contributed by atoms with Gasteiger partial charge in [-0.25, -0.2) is 13.8 Å². The van der Waals surface area contributed by atoms with Gasteiger partial charge in [-0.1, -0.05) is 19.4 Å². The molecule has 6 heteroatoms. The molecule has 1 saturated heterocycles. The summed E-state index contributed by atoms with van der Waals surface area (Å²) in [6.45, 7) is 4.13. The first kappa shape index (κ1) is 19.5. The Morgan fingerprint density at radius 2 is 1.96 bits per heavy atom. The summed E-state index contributed by atoms with van der Waals surface area (Å²) in [5, 5.41) is 0. The number of benzene rings is 1. The van der Waals surface area contributed by atoms with Crippen LogP contribution in [0.3, 0.4) is 0 Å². The molecule has 0 N–H and O–H groups in total. The average molecular weight is 375 g/mol. The summed E-state index contributed by atoms with van der Waals surface area (Å²) in [6, 6.07) is 8.67. The van der Waals surface area contributed by atoms with Gasteiger partial charge in [-0.05, 0) is 51.2 Å². The van der Waals surface area contributed by atoms with Gasteiger partial charge < -0.3 is 14.5 Å². The predicted molar refractivity (Wildman–Crippen MR) is 104 cm³/mol. The number of halogens is 2. The first-order valence-corrected chi connectivity index (χ1v) is 9.50. The van der Waals surface area contributed by atoms with Crippen LogP contribution in [-0.2, 0) is 0 Å². The van der Waals surface area contributed by atoms with Crippen LogP contribution in [0, 0.1) is 11.6 Å². The van der Waals surface area contributed by atoms with Gasteiger partial charge in [0, 0.05) is 24.7 Å². The van der Waals surface area contributed by atoms with Crippen molar-refractivity contribution in [3.05, 3.63) is 42.0 Å². The van der Waals surface area contributed by atoms with Gasteiger partial charge in [0.25, 0.3) is 0 Å². The van der Waals surface area contributed by atoms with Crippen molar-refractivity contribution in [1.29, 1.82) is 0 Å². The topological polar surface area (TPSA) is 28.6 Å². The Labute approximate surface area is 159 Å². The van der Waals surface area contributed by atoms with Gasteiger partial charge in [-0.15, -0.1) is 0 Å². The second-order valence-electron chi connectivity index (χ2n) is 7.20. The number of likely N-dealkylation sites (N-methyl/N-ethyl adjacent to an activating group) is 1. The molecule has 1 aromatic heterocycles. The van der Waals surface area contributed by atoms with Crippen LogP contribution in [0.25, 0.3) is 11.3 Å². The molecule has 4 nitrogen and oxygen atoms in total. The van der Waals surface area contributed by atoms with Gasteiger partial charge in [0.15, 0.2) is 17.4 Å². The minimum atomic E-state index is -0.692. The molecular formula is C21H27F2N3O. The van der Waals surface area contributed by atoms with E-state index in [0.717, 1.165) is 38.2 Å². The van der Waals surface area contributed by atoms with Gasteiger partial charge >= 0.3 is 0 Å². The molecule has 1 aliphatic rings. The zero-order chi connectivity index (χ0) is 19.4. The van der Waals surface area contributed by atoms with Crippen LogP contribution >= 0.6 is 0 Å². The van der Waals surface area contributed by atoms with Crippen molar-refractivity contribution in [1.82, 2.24) is 9.88 Å². The summed E-state index contributed by atoms with van der Waals surface area (Å²) in [6.07, 6.45) is 2.74. The fourth-order valence-electron chi connectivity index (χ4n) is 3.30. The fourth-order valence-corrected chi connectivity index (χ4v) is 3.30. The quantitative estimate of drug-likeness (QED) is 0.673. The van der Waals surface area contributed by atoms with E-state index >= 15 is 0 Å². The van der Waals surface area contributed by atoms with E-state index in [2.05, 4.69) is 28.9 Å². The molecular weight excluding hydrogens is 348 g/mol. The van der Waals surface area contributed by atoms with Crippen molar-refractivity contribution >= 4 is 5.82 Å².